The van der Waals surface area contributed by atoms with Crippen LogP contribution in [0.15, 0.2) is 197 Å². The Morgan fingerprint density at radius 2 is 1.24 bits per heavy atom. The number of nitrogens with zero attached hydrogens (tertiary/aromatic N) is 2. The van der Waals surface area contributed by atoms with Crippen LogP contribution >= 0.6 is 0 Å². The number of rotatable bonds is 4. The van der Waals surface area contributed by atoms with Crippen molar-refractivity contribution in [2.45, 2.75) is 51.9 Å². The first-order valence-corrected chi connectivity index (χ1v) is 22.5. The number of hydrogen-bond acceptors (Lipinski definition) is 3. The maximum Gasteiger partial charge on any atom is 0.255 e. The van der Waals surface area contributed by atoms with E-state index in [-0.39, 0.29) is 12.1 Å². The van der Waals surface area contributed by atoms with Gasteiger partial charge in [-0.2, -0.15) is 0 Å². The molecule has 13 rings (SSSR count). The number of para-hydroxylation sites is 3. The van der Waals surface area contributed by atoms with E-state index < -0.39 is 0 Å². The number of hydrogen-bond donors (Lipinski definition) is 0. The summed E-state index contributed by atoms with van der Waals surface area (Å²) in [5.74, 6) is 2.02. The van der Waals surface area contributed by atoms with Crippen molar-refractivity contribution in [3.63, 3.8) is 0 Å². The minimum Gasteiger partial charge on any atom is -0.463 e. The van der Waals surface area contributed by atoms with Crippen LogP contribution in [-0.2, 0) is 5.41 Å². The van der Waals surface area contributed by atoms with E-state index in [1.165, 1.54) is 77.6 Å². The van der Waals surface area contributed by atoms with Gasteiger partial charge in [-0.15, -0.1) is 0 Å². The second kappa shape index (κ2) is 13.6. The molecule has 2 aliphatic heterocycles. The molecule has 4 nitrogen and oxygen atoms in total. The number of benzene rings is 7. The van der Waals surface area contributed by atoms with Crippen molar-refractivity contribution in [3.05, 3.63) is 203 Å². The monoisotopic (exact) mass is 812 g/mol. The van der Waals surface area contributed by atoms with E-state index in [2.05, 4.69) is 200 Å². The molecule has 4 heterocycles. The quantitative estimate of drug-likeness (QED) is 0.166. The molecule has 7 aromatic carbocycles. The number of anilines is 2. The molecule has 0 radical (unpaired) electrons. The third kappa shape index (κ3) is 5.55. The van der Waals surface area contributed by atoms with Crippen molar-refractivity contribution in [1.29, 1.82) is 0 Å². The predicted molar refractivity (Wildman–Crippen MR) is 263 cm³/mol. The highest BCUT2D eigenvalue weighted by Crippen LogP contribution is 2.51. The van der Waals surface area contributed by atoms with E-state index in [4.69, 9.17) is 9.15 Å². The molecule has 0 spiro atoms. The lowest BCUT2D eigenvalue weighted by Crippen LogP contribution is -2.48. The van der Waals surface area contributed by atoms with Crippen LogP contribution in [0.2, 0.25) is 0 Å². The van der Waals surface area contributed by atoms with Crippen LogP contribution in [0.4, 0.5) is 11.4 Å². The fraction of sp³-hybridized carbons (Fsp3) is 0.138. The summed E-state index contributed by atoms with van der Waals surface area (Å²) in [5.41, 5.74) is 19.4. The molecule has 2 aromatic heterocycles. The fourth-order valence-electron chi connectivity index (χ4n) is 11.1. The first-order valence-electron chi connectivity index (χ1n) is 22.5. The highest BCUT2D eigenvalue weighted by Gasteiger charge is 2.45. The van der Waals surface area contributed by atoms with Crippen molar-refractivity contribution < 1.29 is 9.15 Å². The Kier molecular flexibility index (Phi) is 7.88. The van der Waals surface area contributed by atoms with Gasteiger partial charge in [-0.1, -0.05) is 142 Å². The van der Waals surface area contributed by atoms with E-state index in [1.54, 1.807) is 0 Å². The van der Waals surface area contributed by atoms with Crippen molar-refractivity contribution >= 4 is 78.6 Å². The molecule has 4 aliphatic rings. The molecule has 0 atom stereocenters. The number of aromatic nitrogens is 1. The molecule has 0 bridgehead atoms. The smallest absolute Gasteiger partial charge is 0.255 e. The van der Waals surface area contributed by atoms with Crippen LogP contribution < -0.4 is 15.1 Å². The zero-order valence-electron chi connectivity index (χ0n) is 35.8. The molecule has 0 saturated heterocycles. The Labute approximate surface area is 367 Å². The Hall–Kier alpha value is -7.24. The Morgan fingerprint density at radius 3 is 2.00 bits per heavy atom. The summed E-state index contributed by atoms with van der Waals surface area (Å²) in [4.78, 5) is 2.58. The van der Waals surface area contributed by atoms with Gasteiger partial charge in [0.2, 0.25) is 0 Å². The lowest BCUT2D eigenvalue weighted by atomic mass is 9.32. The van der Waals surface area contributed by atoms with E-state index in [9.17, 15) is 0 Å². The van der Waals surface area contributed by atoms with Gasteiger partial charge in [-0.05, 0) is 117 Å². The SMILES string of the molecule is CC(C)(C)c1ccc(-c2cc3c4c(c2)N(c2cccc5oc6ccccc6c25)C2=C(C=C(c5ccccc5)CC2)B4C2=C(CCC(n4c5ccccc5c5ccccc54)=C2)O3)cc1. The standard InChI is InChI=1S/C58H45BN2O2/c1-58(2,3)40-27-24-37(25-28-40)39-33-51-57-55(34-39)63-53-31-29-41(60-47-19-10-7-16-42(47)43-17-8-11-20-48(43)60)35-46(53)59(57)45-32-38(36-14-5-4-6-15-36)26-30-49(45)61(51)50-21-13-23-54-56(50)44-18-9-12-22-52(44)62-54/h4-25,27-28,32-35H,26,29-31H2,1-3H3. The molecule has 0 N–H and O–H groups in total. The van der Waals surface area contributed by atoms with Crippen molar-refractivity contribution in [2.24, 2.45) is 0 Å². The normalized spacial score (nSPS) is 16.0. The fourth-order valence-corrected chi connectivity index (χ4v) is 11.1. The molecular weight excluding hydrogens is 767 g/mol. The van der Waals surface area contributed by atoms with Crippen molar-refractivity contribution in [3.8, 4) is 16.9 Å². The molecule has 302 valence electrons. The molecule has 0 amide bonds. The topological polar surface area (TPSA) is 30.5 Å². The molecule has 5 heteroatoms. The van der Waals surface area contributed by atoms with Crippen LogP contribution in [0.25, 0.3) is 66.1 Å². The summed E-state index contributed by atoms with van der Waals surface area (Å²) in [6.07, 6.45) is 8.55. The Morgan fingerprint density at radius 1 is 0.540 bits per heavy atom. The Balaban J connectivity index is 1.09. The van der Waals surface area contributed by atoms with Crippen LogP contribution in [0.3, 0.4) is 0 Å². The van der Waals surface area contributed by atoms with Crippen LogP contribution in [0.5, 0.6) is 5.75 Å². The van der Waals surface area contributed by atoms with Crippen LogP contribution in [-0.4, -0.2) is 11.3 Å². The van der Waals surface area contributed by atoms with Gasteiger partial charge in [0.15, 0.2) is 0 Å². The molecule has 2 aliphatic carbocycles. The first-order chi connectivity index (χ1) is 30.9. The van der Waals surface area contributed by atoms with Gasteiger partial charge in [-0.25, -0.2) is 0 Å². The molecule has 9 aromatic rings. The summed E-state index contributed by atoms with van der Waals surface area (Å²) < 4.78 is 16.4. The van der Waals surface area contributed by atoms with Crippen LogP contribution in [0.1, 0.15) is 57.6 Å². The number of allylic oxidation sites excluding steroid dienone is 8. The summed E-state index contributed by atoms with van der Waals surface area (Å²) in [6, 6.07) is 57.6. The average Bonchev–Trinajstić information content (AvgIpc) is 3.87. The molecule has 0 unspecified atom stereocenters. The van der Waals surface area contributed by atoms with Crippen molar-refractivity contribution in [2.75, 3.05) is 4.90 Å². The second-order valence-corrected chi connectivity index (χ2v) is 18.7. The number of furan rings is 1. The largest absolute Gasteiger partial charge is 0.463 e. The third-order valence-corrected chi connectivity index (χ3v) is 14.0. The average molecular weight is 813 g/mol. The minimum absolute atomic E-state index is 0.0231. The zero-order chi connectivity index (χ0) is 42.0. The second-order valence-electron chi connectivity index (χ2n) is 18.7. The van der Waals surface area contributed by atoms with Gasteiger partial charge in [0.1, 0.15) is 16.9 Å². The van der Waals surface area contributed by atoms with E-state index in [1.807, 2.05) is 0 Å². The Bertz CT molecular complexity index is 3460. The lowest BCUT2D eigenvalue weighted by Gasteiger charge is -2.44. The maximum absolute atomic E-state index is 7.32. The molecule has 0 fully saturated rings. The van der Waals surface area contributed by atoms with Gasteiger partial charge in [0.25, 0.3) is 6.71 Å². The number of fused-ring (bicyclic) bond motifs is 8. The van der Waals surface area contributed by atoms with E-state index in [0.717, 1.165) is 70.4 Å². The number of ether oxygens (including phenoxy) is 1. The predicted octanol–water partition coefficient (Wildman–Crippen LogP) is 14.7. The lowest BCUT2D eigenvalue weighted by molar-refractivity contribution is 0.401. The zero-order valence-corrected chi connectivity index (χ0v) is 35.8. The molecule has 0 saturated carbocycles. The van der Waals surface area contributed by atoms with Crippen molar-refractivity contribution in [1.82, 2.24) is 4.57 Å². The van der Waals surface area contributed by atoms with Gasteiger partial charge in [0.05, 0.1) is 27.9 Å². The maximum atomic E-state index is 7.32. The molecule has 63 heavy (non-hydrogen) atoms. The summed E-state index contributed by atoms with van der Waals surface area (Å²) in [6.45, 7) is 6.81. The van der Waals surface area contributed by atoms with Gasteiger partial charge < -0.3 is 18.6 Å². The summed E-state index contributed by atoms with van der Waals surface area (Å²) in [7, 11) is 0. The van der Waals surface area contributed by atoms with E-state index >= 15 is 0 Å². The summed E-state index contributed by atoms with van der Waals surface area (Å²) in [5, 5.41) is 4.82. The van der Waals surface area contributed by atoms with E-state index in [0.29, 0.717) is 0 Å². The highest BCUT2D eigenvalue weighted by atomic mass is 16.5. The summed E-state index contributed by atoms with van der Waals surface area (Å²) >= 11 is 0. The molecular formula is C58H45BN2O2. The van der Waals surface area contributed by atoms with Gasteiger partial charge in [-0.3, -0.25) is 0 Å². The minimum atomic E-state index is -0.0231. The van der Waals surface area contributed by atoms with Gasteiger partial charge in [0, 0.05) is 39.7 Å². The van der Waals surface area contributed by atoms with Gasteiger partial charge >= 0.3 is 0 Å². The first kappa shape index (κ1) is 36.4. The highest BCUT2D eigenvalue weighted by molar-refractivity contribution is 6.90. The van der Waals surface area contributed by atoms with Crippen LogP contribution in [0, 0.1) is 0 Å². The third-order valence-electron chi connectivity index (χ3n) is 14.0.